The lowest BCUT2D eigenvalue weighted by molar-refractivity contribution is -0.118. The van der Waals surface area contributed by atoms with Gasteiger partial charge in [-0.25, -0.2) is 27.3 Å². The van der Waals surface area contributed by atoms with Crippen LogP contribution in [-0.4, -0.2) is 46.5 Å². The summed E-state index contributed by atoms with van der Waals surface area (Å²) < 4.78 is 42.9. The fourth-order valence-corrected chi connectivity index (χ4v) is 3.81. The van der Waals surface area contributed by atoms with E-state index in [-0.39, 0.29) is 24.4 Å². The van der Waals surface area contributed by atoms with Crippen molar-refractivity contribution in [1.82, 2.24) is 10.1 Å². The number of hydrazone groups is 1. The Kier molecular flexibility index (Phi) is 6.97. The maximum absolute atomic E-state index is 14.9. The van der Waals surface area contributed by atoms with Gasteiger partial charge in [-0.1, -0.05) is 26.8 Å². The van der Waals surface area contributed by atoms with Crippen molar-refractivity contribution in [3.05, 3.63) is 47.3 Å². The predicted octanol–water partition coefficient (Wildman–Crippen LogP) is 3.13. The minimum absolute atomic E-state index is 0.0663. The van der Waals surface area contributed by atoms with Gasteiger partial charge in [-0.3, -0.25) is 4.79 Å². The molecule has 1 aliphatic rings. The van der Waals surface area contributed by atoms with Gasteiger partial charge in [0.15, 0.2) is 0 Å². The number of carbonyl (C=O) groups excluding carboxylic acids is 2. The minimum Gasteiger partial charge on any atom is -0.496 e. The van der Waals surface area contributed by atoms with E-state index >= 15 is 0 Å². The van der Waals surface area contributed by atoms with E-state index in [1.807, 2.05) is 25.6 Å². The number of imide groups is 1. The molecule has 3 rings (SSSR count). The van der Waals surface area contributed by atoms with Crippen LogP contribution in [0.25, 0.3) is 11.1 Å². The summed E-state index contributed by atoms with van der Waals surface area (Å²) in [6.07, 6.45) is 2.16. The maximum Gasteiger partial charge on any atom is 0.328 e. The van der Waals surface area contributed by atoms with Gasteiger partial charge in [0.2, 0.25) is 15.9 Å². The molecule has 0 atom stereocenters. The number of nitrogens with one attached hydrogen (secondary N) is 2. The number of urea groups is 1. The second kappa shape index (κ2) is 9.41. The molecule has 0 unspecified atom stereocenters. The number of hydrogen-bond acceptors (Lipinski definition) is 6. The molecule has 1 heterocycles. The molecule has 9 nitrogen and oxygen atoms in total. The Labute approximate surface area is 198 Å². The highest BCUT2D eigenvalue weighted by molar-refractivity contribution is 7.88. The highest BCUT2D eigenvalue weighted by Crippen LogP contribution is 2.43. The largest absolute Gasteiger partial charge is 0.496 e. The van der Waals surface area contributed by atoms with Gasteiger partial charge < -0.3 is 10.1 Å². The lowest BCUT2D eigenvalue weighted by Gasteiger charge is -2.30. The lowest BCUT2D eigenvalue weighted by atomic mass is 9.83. The van der Waals surface area contributed by atoms with Gasteiger partial charge in [0, 0.05) is 29.7 Å². The number of hydrogen-bond donors (Lipinski definition) is 2. The number of ether oxygens (including phenoxy) is 1. The molecule has 11 heteroatoms. The van der Waals surface area contributed by atoms with Gasteiger partial charge >= 0.3 is 6.03 Å². The van der Waals surface area contributed by atoms with Crippen LogP contribution in [-0.2, 0) is 20.2 Å². The van der Waals surface area contributed by atoms with Crippen molar-refractivity contribution < 1.29 is 27.1 Å². The highest BCUT2D eigenvalue weighted by Gasteiger charge is 2.31. The zero-order valence-electron chi connectivity index (χ0n) is 19.6. The lowest BCUT2D eigenvalue weighted by Crippen LogP contribution is -2.50. The van der Waals surface area contributed by atoms with Crippen LogP contribution in [0.2, 0.25) is 0 Å². The molecule has 2 aromatic carbocycles. The van der Waals surface area contributed by atoms with Crippen LogP contribution in [0.4, 0.5) is 14.9 Å². The summed E-state index contributed by atoms with van der Waals surface area (Å²) in [6, 6.07) is 7.15. The van der Waals surface area contributed by atoms with Gasteiger partial charge in [0.25, 0.3) is 0 Å². The van der Waals surface area contributed by atoms with Crippen LogP contribution in [0.1, 0.15) is 38.3 Å². The fourth-order valence-electron chi connectivity index (χ4n) is 3.57. The summed E-state index contributed by atoms with van der Waals surface area (Å²) >= 11 is 0. The number of carbonyl (C=O) groups is 2. The van der Waals surface area contributed by atoms with Crippen LogP contribution in [0.5, 0.6) is 5.75 Å². The van der Waals surface area contributed by atoms with Crippen molar-refractivity contribution in [3.8, 4) is 16.9 Å². The van der Waals surface area contributed by atoms with Crippen LogP contribution >= 0.6 is 0 Å². The van der Waals surface area contributed by atoms with Crippen molar-refractivity contribution in [3.63, 3.8) is 0 Å². The summed E-state index contributed by atoms with van der Waals surface area (Å²) in [6.45, 7) is 6.16. The van der Waals surface area contributed by atoms with Crippen molar-refractivity contribution >= 4 is 33.9 Å². The molecule has 0 aliphatic carbocycles. The van der Waals surface area contributed by atoms with E-state index in [0.29, 0.717) is 22.6 Å². The molecule has 2 N–H and O–H groups in total. The third kappa shape index (κ3) is 5.53. The Balaban J connectivity index is 2.16. The molecule has 0 radical (unpaired) electrons. The molecule has 0 bridgehead atoms. The average Bonchev–Trinajstić information content (AvgIpc) is 2.72. The Bertz CT molecular complexity index is 1250. The number of amides is 3. The SMILES string of the molecule is COc1c(-c2ccc(/C=N/NS(C)(=O)=O)c(F)c2)cc(N2C(=O)CCNC2=O)cc1C(C)(C)C. The van der Waals surface area contributed by atoms with Crippen molar-refractivity contribution in [2.24, 2.45) is 5.10 Å². The Morgan fingerprint density at radius 2 is 1.91 bits per heavy atom. The van der Waals surface area contributed by atoms with Gasteiger partial charge in [-0.2, -0.15) is 5.10 Å². The standard InChI is InChI=1S/C23H27FN4O5S/c1-23(2,3)18-12-16(28-20(29)8-9-25-22(28)30)11-17(21(18)33-4)14-6-7-15(19(24)10-14)13-26-27-34(5,31)32/h6-7,10-13,27H,8-9H2,1-5H3,(H,25,30)/b26-13+. The van der Waals surface area contributed by atoms with E-state index in [4.69, 9.17) is 4.74 Å². The zero-order chi connectivity index (χ0) is 25.3. The van der Waals surface area contributed by atoms with E-state index < -0.39 is 27.3 Å². The van der Waals surface area contributed by atoms with E-state index in [0.717, 1.165) is 22.9 Å². The summed E-state index contributed by atoms with van der Waals surface area (Å²) in [5.41, 5.74) is 1.67. The number of methoxy groups -OCH3 is 1. The van der Waals surface area contributed by atoms with E-state index in [1.165, 1.54) is 19.2 Å². The smallest absolute Gasteiger partial charge is 0.328 e. The molecule has 34 heavy (non-hydrogen) atoms. The fraction of sp³-hybridized carbons (Fsp3) is 0.348. The van der Waals surface area contributed by atoms with Crippen molar-refractivity contribution in [2.75, 3.05) is 24.8 Å². The number of halogens is 1. The first-order valence-electron chi connectivity index (χ1n) is 10.4. The van der Waals surface area contributed by atoms with Gasteiger partial charge in [0.05, 0.1) is 25.3 Å². The van der Waals surface area contributed by atoms with Crippen LogP contribution < -0.4 is 19.8 Å². The highest BCUT2D eigenvalue weighted by atomic mass is 32.2. The number of rotatable bonds is 6. The molecule has 0 saturated carbocycles. The molecule has 182 valence electrons. The topological polar surface area (TPSA) is 117 Å². The molecular weight excluding hydrogens is 463 g/mol. The first-order chi connectivity index (χ1) is 15.8. The van der Waals surface area contributed by atoms with E-state index in [2.05, 4.69) is 10.4 Å². The number of sulfonamides is 1. The van der Waals surface area contributed by atoms with Gasteiger partial charge in [0.1, 0.15) is 11.6 Å². The average molecular weight is 491 g/mol. The van der Waals surface area contributed by atoms with Crippen LogP contribution in [0.3, 0.4) is 0 Å². The number of nitrogens with zero attached hydrogens (tertiary/aromatic N) is 2. The monoisotopic (exact) mass is 490 g/mol. The maximum atomic E-state index is 14.9. The summed E-state index contributed by atoms with van der Waals surface area (Å²) in [4.78, 5) is 28.0. The number of anilines is 1. The van der Waals surface area contributed by atoms with Crippen molar-refractivity contribution in [1.29, 1.82) is 0 Å². The quantitative estimate of drug-likeness (QED) is 0.477. The molecule has 2 aromatic rings. The van der Waals surface area contributed by atoms with Crippen LogP contribution in [0, 0.1) is 5.82 Å². The predicted molar refractivity (Wildman–Crippen MR) is 128 cm³/mol. The first kappa shape index (κ1) is 25.2. The Morgan fingerprint density at radius 1 is 1.21 bits per heavy atom. The van der Waals surface area contributed by atoms with Crippen LogP contribution in [0.15, 0.2) is 35.4 Å². The third-order valence-electron chi connectivity index (χ3n) is 5.15. The second-order valence-electron chi connectivity index (χ2n) is 8.89. The van der Waals surface area contributed by atoms with Gasteiger partial charge in [-0.05, 0) is 35.2 Å². The van der Waals surface area contributed by atoms with E-state index in [9.17, 15) is 22.4 Å². The first-order valence-corrected chi connectivity index (χ1v) is 12.3. The second-order valence-corrected chi connectivity index (χ2v) is 10.6. The molecule has 0 aromatic heterocycles. The summed E-state index contributed by atoms with van der Waals surface area (Å²) in [7, 11) is -2.06. The molecular formula is C23H27FN4O5S. The summed E-state index contributed by atoms with van der Waals surface area (Å²) in [5.74, 6) is -0.496. The molecule has 0 spiro atoms. The minimum atomic E-state index is -3.56. The van der Waals surface area contributed by atoms with Crippen molar-refractivity contribution in [2.45, 2.75) is 32.6 Å². The third-order valence-corrected chi connectivity index (χ3v) is 5.58. The molecule has 1 saturated heterocycles. The molecule has 1 aliphatic heterocycles. The number of benzene rings is 2. The van der Waals surface area contributed by atoms with E-state index in [1.54, 1.807) is 18.2 Å². The van der Waals surface area contributed by atoms with Gasteiger partial charge in [-0.15, -0.1) is 0 Å². The molecule has 1 fully saturated rings. The summed E-state index contributed by atoms with van der Waals surface area (Å²) in [5, 5.41) is 6.20. The molecule has 3 amide bonds. The Morgan fingerprint density at radius 3 is 2.47 bits per heavy atom. The zero-order valence-corrected chi connectivity index (χ0v) is 20.4. The Hall–Kier alpha value is -3.47. The normalized spacial score (nSPS) is 14.9.